The zero-order valence-electron chi connectivity index (χ0n) is 11.8. The molecule has 0 unspecified atom stereocenters. The van der Waals surface area contributed by atoms with Gasteiger partial charge in [0.1, 0.15) is 5.60 Å². The van der Waals surface area contributed by atoms with Crippen LogP contribution in [0.4, 0.5) is 10.1 Å². The third-order valence-electron chi connectivity index (χ3n) is 2.35. The third-order valence-corrected chi connectivity index (χ3v) is 2.35. The van der Waals surface area contributed by atoms with Crippen LogP contribution in [-0.2, 0) is 9.53 Å². The molecule has 0 bridgehead atoms. The van der Waals surface area contributed by atoms with Gasteiger partial charge in [-0.05, 0) is 44.9 Å². The lowest BCUT2D eigenvalue weighted by Gasteiger charge is -2.18. The molecule has 0 atom stereocenters. The molecule has 0 radical (unpaired) electrons. The molecule has 0 saturated heterocycles. The summed E-state index contributed by atoms with van der Waals surface area (Å²) in [7, 11) is 0. The molecule has 0 aromatic heterocycles. The summed E-state index contributed by atoms with van der Waals surface area (Å²) in [6.07, 6.45) is 0.941. The second-order valence-corrected chi connectivity index (χ2v) is 5.29. The largest absolute Gasteiger partial charge is 0.455 e. The van der Waals surface area contributed by atoms with Crippen LogP contribution in [0.2, 0.25) is 0 Å². The Morgan fingerprint density at radius 2 is 2.00 bits per heavy atom. The molecule has 0 fully saturated rings. The molecule has 108 valence electrons. The SMILES string of the molecule is Cc1ccc([N+](=O)[O-])cc1/C=C(\F)C(=O)OC(C)(C)C. The van der Waals surface area contributed by atoms with Gasteiger partial charge in [-0.2, -0.15) is 4.39 Å². The smallest absolute Gasteiger partial charge is 0.367 e. The lowest BCUT2D eigenvalue weighted by molar-refractivity contribution is -0.384. The number of ether oxygens (including phenoxy) is 1. The summed E-state index contributed by atoms with van der Waals surface area (Å²) in [5, 5.41) is 10.7. The van der Waals surface area contributed by atoms with Gasteiger partial charge in [0.25, 0.3) is 5.69 Å². The summed E-state index contributed by atoms with van der Waals surface area (Å²) < 4.78 is 18.6. The van der Waals surface area contributed by atoms with Crippen LogP contribution in [0.5, 0.6) is 0 Å². The van der Waals surface area contributed by atoms with Gasteiger partial charge in [-0.15, -0.1) is 0 Å². The van der Waals surface area contributed by atoms with Crippen molar-refractivity contribution in [3.05, 3.63) is 45.3 Å². The Morgan fingerprint density at radius 1 is 1.40 bits per heavy atom. The van der Waals surface area contributed by atoms with Gasteiger partial charge in [0.2, 0.25) is 5.83 Å². The number of carbonyl (C=O) groups excluding carboxylic acids is 1. The van der Waals surface area contributed by atoms with Crippen LogP contribution in [0.25, 0.3) is 6.08 Å². The maximum atomic E-state index is 13.7. The van der Waals surface area contributed by atoms with E-state index in [1.54, 1.807) is 27.7 Å². The fourth-order valence-electron chi connectivity index (χ4n) is 1.42. The maximum Gasteiger partial charge on any atom is 0.367 e. The van der Waals surface area contributed by atoms with Gasteiger partial charge >= 0.3 is 5.97 Å². The van der Waals surface area contributed by atoms with E-state index in [-0.39, 0.29) is 11.3 Å². The first kappa shape index (κ1) is 15.8. The summed E-state index contributed by atoms with van der Waals surface area (Å²) >= 11 is 0. The molecule has 0 aliphatic rings. The highest BCUT2D eigenvalue weighted by Crippen LogP contribution is 2.21. The van der Waals surface area contributed by atoms with Crippen molar-refractivity contribution in [2.24, 2.45) is 0 Å². The van der Waals surface area contributed by atoms with Crippen LogP contribution < -0.4 is 0 Å². The highest BCUT2D eigenvalue weighted by atomic mass is 19.1. The predicted octanol–water partition coefficient (Wildman–Crippen LogP) is 3.56. The van der Waals surface area contributed by atoms with Crippen molar-refractivity contribution in [3.8, 4) is 0 Å². The van der Waals surface area contributed by atoms with Gasteiger partial charge in [0.15, 0.2) is 0 Å². The molecule has 20 heavy (non-hydrogen) atoms. The van der Waals surface area contributed by atoms with Gasteiger partial charge in [-0.1, -0.05) is 6.07 Å². The monoisotopic (exact) mass is 281 g/mol. The Kier molecular flexibility index (Phi) is 4.60. The van der Waals surface area contributed by atoms with E-state index in [9.17, 15) is 19.3 Å². The lowest BCUT2D eigenvalue weighted by atomic mass is 10.1. The first-order valence-electron chi connectivity index (χ1n) is 5.96. The van der Waals surface area contributed by atoms with Crippen molar-refractivity contribution in [2.75, 3.05) is 0 Å². The van der Waals surface area contributed by atoms with Crippen LogP contribution in [0.15, 0.2) is 24.0 Å². The second-order valence-electron chi connectivity index (χ2n) is 5.29. The van der Waals surface area contributed by atoms with Crippen LogP contribution in [0, 0.1) is 17.0 Å². The van der Waals surface area contributed by atoms with Crippen LogP contribution in [0.1, 0.15) is 31.9 Å². The molecule has 0 spiro atoms. The van der Waals surface area contributed by atoms with Crippen molar-refractivity contribution in [2.45, 2.75) is 33.3 Å². The number of nitrogens with zero attached hydrogens (tertiary/aromatic N) is 1. The molecule has 1 aromatic rings. The number of rotatable bonds is 3. The minimum atomic E-state index is -1.09. The van der Waals surface area contributed by atoms with Crippen LogP contribution in [0.3, 0.4) is 0 Å². The van der Waals surface area contributed by atoms with Crippen molar-refractivity contribution < 1.29 is 18.8 Å². The number of nitro benzene ring substituents is 1. The van der Waals surface area contributed by atoms with Gasteiger partial charge in [0, 0.05) is 12.1 Å². The molecule has 0 amide bonds. The quantitative estimate of drug-likeness (QED) is 0.367. The number of non-ortho nitro benzene ring substituents is 1. The topological polar surface area (TPSA) is 69.4 Å². The molecule has 1 aromatic carbocycles. The van der Waals surface area contributed by atoms with Crippen molar-refractivity contribution in [3.63, 3.8) is 0 Å². The number of esters is 1. The predicted molar refractivity (Wildman–Crippen MR) is 72.8 cm³/mol. The van der Waals surface area contributed by atoms with Gasteiger partial charge in [-0.3, -0.25) is 10.1 Å². The molecular weight excluding hydrogens is 265 g/mol. The van der Waals surface area contributed by atoms with E-state index < -0.39 is 22.3 Å². The van der Waals surface area contributed by atoms with Gasteiger partial charge < -0.3 is 4.74 Å². The standard InChI is InChI=1S/C14H16FNO4/c1-9-5-6-11(16(18)19)7-10(9)8-12(15)13(17)20-14(2,3)4/h5-8H,1-4H3/b12-8-. The number of benzene rings is 1. The Balaban J connectivity index is 3.07. The maximum absolute atomic E-state index is 13.7. The van der Waals surface area contributed by atoms with E-state index in [0.29, 0.717) is 5.56 Å². The Hall–Kier alpha value is -2.24. The number of nitro groups is 1. The first-order chi connectivity index (χ1) is 9.10. The van der Waals surface area contributed by atoms with E-state index in [0.717, 1.165) is 6.08 Å². The summed E-state index contributed by atoms with van der Waals surface area (Å²) in [5.74, 6) is -2.19. The van der Waals surface area contributed by atoms with Gasteiger partial charge in [0.05, 0.1) is 4.92 Å². The zero-order valence-corrected chi connectivity index (χ0v) is 11.8. The first-order valence-corrected chi connectivity index (χ1v) is 5.96. The fourth-order valence-corrected chi connectivity index (χ4v) is 1.42. The summed E-state index contributed by atoms with van der Waals surface area (Å²) in [4.78, 5) is 21.6. The molecular formula is C14H16FNO4. The minimum absolute atomic E-state index is 0.168. The number of carbonyl (C=O) groups is 1. The van der Waals surface area contributed by atoms with Crippen molar-refractivity contribution >= 4 is 17.7 Å². The molecule has 1 rings (SSSR count). The summed E-state index contributed by atoms with van der Waals surface area (Å²) in [5.41, 5.74) is -0.0873. The lowest BCUT2D eigenvalue weighted by Crippen LogP contribution is -2.24. The van der Waals surface area contributed by atoms with E-state index >= 15 is 0 Å². The average molecular weight is 281 g/mol. The summed E-state index contributed by atoms with van der Waals surface area (Å²) in [6, 6.07) is 4.02. The van der Waals surface area contributed by atoms with E-state index in [4.69, 9.17) is 4.74 Å². The second kappa shape index (κ2) is 5.81. The number of hydrogen-bond acceptors (Lipinski definition) is 4. The molecule has 0 aliphatic carbocycles. The van der Waals surface area contributed by atoms with Crippen molar-refractivity contribution in [1.29, 1.82) is 0 Å². The van der Waals surface area contributed by atoms with Crippen LogP contribution >= 0.6 is 0 Å². The third kappa shape index (κ3) is 4.46. The highest BCUT2D eigenvalue weighted by Gasteiger charge is 2.20. The highest BCUT2D eigenvalue weighted by molar-refractivity contribution is 5.91. The number of halogens is 1. The molecule has 6 heteroatoms. The Bertz CT molecular complexity index is 573. The van der Waals surface area contributed by atoms with E-state index in [1.165, 1.54) is 18.2 Å². The Morgan fingerprint density at radius 3 is 2.50 bits per heavy atom. The Labute approximate surface area is 116 Å². The van der Waals surface area contributed by atoms with Crippen molar-refractivity contribution in [1.82, 2.24) is 0 Å². The normalized spacial score (nSPS) is 12.2. The summed E-state index contributed by atoms with van der Waals surface area (Å²) in [6.45, 7) is 6.53. The number of aryl methyl sites for hydroxylation is 1. The molecule has 0 N–H and O–H groups in total. The van der Waals surface area contributed by atoms with E-state index in [1.807, 2.05) is 0 Å². The molecule has 0 aliphatic heterocycles. The van der Waals surface area contributed by atoms with Crippen LogP contribution in [-0.4, -0.2) is 16.5 Å². The van der Waals surface area contributed by atoms with Gasteiger partial charge in [-0.25, -0.2) is 4.79 Å². The van der Waals surface area contributed by atoms with E-state index in [2.05, 4.69) is 0 Å². The minimum Gasteiger partial charge on any atom is -0.455 e. The molecule has 0 saturated carbocycles. The molecule has 0 heterocycles. The average Bonchev–Trinajstić information content (AvgIpc) is 2.29. The molecule has 5 nitrogen and oxygen atoms in total. The number of hydrogen-bond donors (Lipinski definition) is 0. The zero-order chi connectivity index (χ0) is 15.5. The fraction of sp³-hybridized carbons (Fsp3) is 0.357.